The lowest BCUT2D eigenvalue weighted by Gasteiger charge is -2.62. The van der Waals surface area contributed by atoms with Gasteiger partial charge in [-0.1, -0.05) is 13.8 Å². The Hall–Kier alpha value is -1.41. The average molecular weight is 306 g/mol. The van der Waals surface area contributed by atoms with Gasteiger partial charge in [0.15, 0.2) is 0 Å². The summed E-state index contributed by atoms with van der Waals surface area (Å²) in [5.41, 5.74) is -0.159. The Labute approximate surface area is 132 Å². The van der Waals surface area contributed by atoms with Crippen LogP contribution in [0, 0.1) is 28.6 Å². The van der Waals surface area contributed by atoms with E-state index in [1.54, 1.807) is 13.8 Å². The van der Waals surface area contributed by atoms with Gasteiger partial charge in [-0.05, 0) is 50.4 Å². The highest BCUT2D eigenvalue weighted by atomic mass is 16.5. The van der Waals surface area contributed by atoms with Crippen LogP contribution < -0.4 is 0 Å². The summed E-state index contributed by atoms with van der Waals surface area (Å²) >= 11 is 0. The zero-order chi connectivity index (χ0) is 16.5. The van der Waals surface area contributed by atoms with E-state index in [2.05, 4.69) is 18.8 Å². The lowest BCUT2D eigenvalue weighted by atomic mass is 9.44. The number of carbonyl (C=O) groups excluding carboxylic acids is 1. The van der Waals surface area contributed by atoms with Gasteiger partial charge in [0.25, 0.3) is 0 Å². The fourth-order valence-corrected chi connectivity index (χ4v) is 4.00. The molecule has 0 unspecified atom stereocenters. The van der Waals surface area contributed by atoms with E-state index in [0.29, 0.717) is 24.7 Å². The maximum Gasteiger partial charge on any atom is 0.330 e. The number of ether oxygens (including phenoxy) is 1. The molecule has 0 aromatic heterocycles. The Balaban J connectivity index is 2.22. The van der Waals surface area contributed by atoms with E-state index in [-0.39, 0.29) is 17.8 Å². The zero-order valence-corrected chi connectivity index (χ0v) is 13.9. The summed E-state index contributed by atoms with van der Waals surface area (Å²) in [5, 5.41) is 19.7. The summed E-state index contributed by atoms with van der Waals surface area (Å²) in [6.07, 6.45) is 2.33. The van der Waals surface area contributed by atoms with Crippen LogP contribution in [0.15, 0.2) is 4.99 Å². The monoisotopic (exact) mass is 306 g/mol. The normalized spacial score (nSPS) is 35.4. The molecule has 0 heterocycles. The second-order valence-corrected chi connectivity index (χ2v) is 7.20. The van der Waals surface area contributed by atoms with Gasteiger partial charge in [-0.3, -0.25) is 4.99 Å². The molecule has 3 aliphatic rings. The van der Waals surface area contributed by atoms with Gasteiger partial charge < -0.3 is 9.84 Å². The van der Waals surface area contributed by atoms with Crippen molar-refractivity contribution in [1.29, 1.82) is 5.26 Å². The van der Waals surface area contributed by atoms with Gasteiger partial charge in [0.1, 0.15) is 11.6 Å². The molecule has 3 saturated carbocycles. The number of rotatable bonds is 5. The fourth-order valence-electron chi connectivity index (χ4n) is 4.00. The van der Waals surface area contributed by atoms with E-state index < -0.39 is 17.6 Å². The van der Waals surface area contributed by atoms with Crippen molar-refractivity contribution in [3.63, 3.8) is 0 Å². The molecule has 5 heteroatoms. The van der Waals surface area contributed by atoms with Crippen LogP contribution in [-0.4, -0.2) is 35.0 Å². The number of aliphatic hydroxyl groups is 1. The number of carbonyl (C=O) groups is 1. The Kier molecular flexibility index (Phi) is 4.62. The highest BCUT2D eigenvalue weighted by Crippen LogP contribution is 2.61. The van der Waals surface area contributed by atoms with Crippen LogP contribution in [0.1, 0.15) is 53.4 Å². The van der Waals surface area contributed by atoms with Crippen LogP contribution in [0.3, 0.4) is 0 Å². The maximum absolute atomic E-state index is 12.0. The third-order valence-electron chi connectivity index (χ3n) is 5.57. The van der Waals surface area contributed by atoms with Crippen molar-refractivity contribution in [3.8, 4) is 6.07 Å². The minimum Gasteiger partial charge on any atom is -0.464 e. The van der Waals surface area contributed by atoms with Crippen molar-refractivity contribution >= 4 is 11.7 Å². The molecule has 3 fully saturated rings. The predicted molar refractivity (Wildman–Crippen MR) is 83.3 cm³/mol. The van der Waals surface area contributed by atoms with Crippen LogP contribution in [0.2, 0.25) is 0 Å². The molecule has 0 aromatic rings. The zero-order valence-electron chi connectivity index (χ0n) is 13.9. The van der Waals surface area contributed by atoms with Gasteiger partial charge >= 0.3 is 5.97 Å². The van der Waals surface area contributed by atoms with Crippen LogP contribution in [0.4, 0.5) is 0 Å². The molecule has 0 saturated heterocycles. The second kappa shape index (κ2) is 6.00. The van der Waals surface area contributed by atoms with E-state index in [1.807, 2.05) is 6.07 Å². The van der Waals surface area contributed by atoms with Gasteiger partial charge in [-0.2, -0.15) is 5.26 Å². The molecule has 122 valence electrons. The third-order valence-corrected chi connectivity index (χ3v) is 5.57. The van der Waals surface area contributed by atoms with E-state index in [9.17, 15) is 9.90 Å². The van der Waals surface area contributed by atoms with E-state index in [4.69, 9.17) is 10.00 Å². The van der Waals surface area contributed by atoms with Crippen molar-refractivity contribution < 1.29 is 14.6 Å². The molecule has 0 amide bonds. The van der Waals surface area contributed by atoms with E-state index >= 15 is 0 Å². The molecule has 3 rings (SSSR count). The standard InChI is InChI=1S/C17H26N2O3/c1-5-22-15(20)12(7-6-8-18)19-14-10-11-9-13(16(11,2)3)17(14,4)21/h11-13,21H,5-7,9-10H2,1-4H3/t11-,12+,13-,17-/m1/s1. The average Bonchev–Trinajstić information content (AvgIpc) is 2.43. The van der Waals surface area contributed by atoms with Crippen molar-refractivity contribution in [3.05, 3.63) is 0 Å². The highest BCUT2D eigenvalue weighted by molar-refractivity contribution is 5.96. The van der Waals surface area contributed by atoms with E-state index in [1.165, 1.54) is 0 Å². The molecular weight excluding hydrogens is 280 g/mol. The SMILES string of the molecule is CCOC(=O)[C@H](CCC#N)N=C1C[C@H]2C[C@H](C2(C)C)[C@@]1(C)O. The summed E-state index contributed by atoms with van der Waals surface area (Å²) in [5.74, 6) is 0.283. The Morgan fingerprint density at radius 3 is 2.73 bits per heavy atom. The fraction of sp³-hybridized carbons (Fsp3) is 0.824. The molecule has 0 radical (unpaired) electrons. The lowest BCUT2D eigenvalue weighted by molar-refractivity contribution is -0.145. The first-order chi connectivity index (χ1) is 10.2. The van der Waals surface area contributed by atoms with Crippen LogP contribution in [-0.2, 0) is 9.53 Å². The first kappa shape index (κ1) is 17.0. The summed E-state index contributed by atoms with van der Waals surface area (Å²) in [4.78, 5) is 16.6. The molecular formula is C17H26N2O3. The van der Waals surface area contributed by atoms with Crippen molar-refractivity contribution in [2.75, 3.05) is 6.61 Å². The van der Waals surface area contributed by atoms with Crippen molar-refractivity contribution in [2.24, 2.45) is 22.2 Å². The molecule has 3 aliphatic carbocycles. The molecule has 0 aromatic carbocycles. The van der Waals surface area contributed by atoms with Gasteiger partial charge in [0.05, 0.1) is 12.7 Å². The smallest absolute Gasteiger partial charge is 0.330 e. The number of hydrogen-bond acceptors (Lipinski definition) is 5. The quantitative estimate of drug-likeness (QED) is 0.791. The van der Waals surface area contributed by atoms with Crippen molar-refractivity contribution in [2.45, 2.75) is 65.0 Å². The van der Waals surface area contributed by atoms with Crippen LogP contribution in [0.25, 0.3) is 0 Å². The number of nitrogens with zero attached hydrogens (tertiary/aromatic N) is 2. The Bertz CT molecular complexity index is 516. The summed E-state index contributed by atoms with van der Waals surface area (Å²) in [6.45, 7) is 8.23. The molecule has 0 spiro atoms. The summed E-state index contributed by atoms with van der Waals surface area (Å²) in [7, 11) is 0. The molecule has 22 heavy (non-hydrogen) atoms. The molecule has 0 aliphatic heterocycles. The van der Waals surface area contributed by atoms with Gasteiger partial charge in [-0.15, -0.1) is 0 Å². The highest BCUT2D eigenvalue weighted by Gasteiger charge is 2.61. The maximum atomic E-state index is 12.0. The first-order valence-corrected chi connectivity index (χ1v) is 8.08. The number of esters is 1. The van der Waals surface area contributed by atoms with Gasteiger partial charge in [-0.25, -0.2) is 4.79 Å². The third kappa shape index (κ3) is 2.77. The van der Waals surface area contributed by atoms with Gasteiger partial charge in [0, 0.05) is 12.1 Å². The summed E-state index contributed by atoms with van der Waals surface area (Å²) in [6, 6.07) is 1.37. The van der Waals surface area contributed by atoms with E-state index in [0.717, 1.165) is 12.8 Å². The lowest BCUT2D eigenvalue weighted by Crippen LogP contribution is -2.65. The molecule has 4 atom stereocenters. The first-order valence-electron chi connectivity index (χ1n) is 8.08. The minimum atomic E-state index is -0.977. The molecule has 2 bridgehead atoms. The topological polar surface area (TPSA) is 82.7 Å². The van der Waals surface area contributed by atoms with Crippen molar-refractivity contribution in [1.82, 2.24) is 0 Å². The predicted octanol–water partition coefficient (Wildman–Crippen LogP) is 2.48. The molecule has 5 nitrogen and oxygen atoms in total. The second-order valence-electron chi connectivity index (χ2n) is 7.20. The Morgan fingerprint density at radius 1 is 1.55 bits per heavy atom. The molecule has 1 N–H and O–H groups in total. The number of aliphatic imine (C=N–C) groups is 1. The number of hydrogen-bond donors (Lipinski definition) is 1. The number of nitriles is 1. The summed E-state index contributed by atoms with van der Waals surface area (Å²) < 4.78 is 5.05. The largest absolute Gasteiger partial charge is 0.464 e. The minimum absolute atomic E-state index is 0.120. The van der Waals surface area contributed by atoms with Gasteiger partial charge in [0.2, 0.25) is 0 Å². The van der Waals surface area contributed by atoms with Crippen LogP contribution >= 0.6 is 0 Å². The Morgan fingerprint density at radius 2 is 2.23 bits per heavy atom. The number of fused-ring (bicyclic) bond motifs is 2. The van der Waals surface area contributed by atoms with Crippen LogP contribution in [0.5, 0.6) is 0 Å².